The van der Waals surface area contributed by atoms with Crippen LogP contribution in [-0.4, -0.2) is 107 Å². The molecule has 0 saturated carbocycles. The Morgan fingerprint density at radius 1 is 0.828 bits per heavy atom. The van der Waals surface area contributed by atoms with Crippen molar-refractivity contribution in [2.75, 3.05) is 44.2 Å². The van der Waals surface area contributed by atoms with Gasteiger partial charge in [-0.05, 0) is 110 Å². The minimum Gasteiger partial charge on any atom is -0.357 e. The lowest BCUT2D eigenvalue weighted by molar-refractivity contribution is -0.136. The van der Waals surface area contributed by atoms with E-state index in [0.717, 1.165) is 97.3 Å². The highest BCUT2D eigenvalue weighted by atomic mass is 16.2. The summed E-state index contributed by atoms with van der Waals surface area (Å²) in [7, 11) is 1.70. The maximum absolute atomic E-state index is 13.7. The van der Waals surface area contributed by atoms with E-state index in [4.69, 9.17) is 4.98 Å². The van der Waals surface area contributed by atoms with E-state index in [1.807, 2.05) is 40.3 Å². The zero-order valence-corrected chi connectivity index (χ0v) is 36.1. The first-order valence-corrected chi connectivity index (χ1v) is 22.6. The number of carbonyl (C=O) groups excluding carboxylic acids is 4. The van der Waals surface area contributed by atoms with Crippen LogP contribution in [0.4, 0.5) is 5.82 Å². The summed E-state index contributed by atoms with van der Waals surface area (Å²) in [6, 6.07) is 17.4. The quantitative estimate of drug-likeness (QED) is 0.163. The van der Waals surface area contributed by atoms with Crippen molar-refractivity contribution >= 4 is 57.0 Å². The van der Waals surface area contributed by atoms with Crippen molar-refractivity contribution in [2.24, 2.45) is 18.9 Å². The van der Waals surface area contributed by atoms with Crippen LogP contribution in [0.3, 0.4) is 0 Å². The molecule has 0 aliphatic carbocycles. The minimum absolute atomic E-state index is 0.0585. The van der Waals surface area contributed by atoms with Crippen LogP contribution in [0, 0.1) is 11.8 Å². The second kappa shape index (κ2) is 17.4. The topological polar surface area (TPSA) is 176 Å². The van der Waals surface area contributed by atoms with Gasteiger partial charge in [0.1, 0.15) is 17.6 Å². The zero-order chi connectivity index (χ0) is 43.9. The van der Waals surface area contributed by atoms with Crippen LogP contribution in [0.5, 0.6) is 0 Å². The molecule has 2 aromatic carbocycles. The maximum atomic E-state index is 13.7. The van der Waals surface area contributed by atoms with E-state index in [1.165, 1.54) is 11.0 Å². The fourth-order valence-corrected chi connectivity index (χ4v) is 10.2. The number of aryl methyl sites for hydroxylation is 2. The Labute approximate surface area is 369 Å². The van der Waals surface area contributed by atoms with Crippen molar-refractivity contribution in [2.45, 2.75) is 70.4 Å². The van der Waals surface area contributed by atoms with Crippen molar-refractivity contribution in [3.8, 4) is 11.1 Å². The summed E-state index contributed by atoms with van der Waals surface area (Å²) >= 11 is 0. The third-order valence-electron chi connectivity index (χ3n) is 13.9. The summed E-state index contributed by atoms with van der Waals surface area (Å²) in [6.07, 6.45) is 14.7. The van der Waals surface area contributed by atoms with E-state index in [9.17, 15) is 24.0 Å². The number of nitrogens with zero attached hydrogens (tertiary/aromatic N) is 9. The number of likely N-dealkylation sites (tertiary alicyclic amines) is 1. The number of rotatable bonds is 11. The lowest BCUT2D eigenvalue weighted by Gasteiger charge is -2.33. The Kier molecular flexibility index (Phi) is 11.2. The molecule has 3 saturated heterocycles. The largest absolute Gasteiger partial charge is 0.357 e. The highest BCUT2D eigenvalue weighted by Crippen LogP contribution is 2.33. The van der Waals surface area contributed by atoms with Gasteiger partial charge in [0.2, 0.25) is 17.7 Å². The number of hydrogen-bond donors (Lipinski definition) is 2. The molecule has 8 heterocycles. The normalized spacial score (nSPS) is 19.8. The number of aromatic nitrogens is 7. The Morgan fingerprint density at radius 3 is 2.44 bits per heavy atom. The van der Waals surface area contributed by atoms with Gasteiger partial charge in [0.25, 0.3) is 5.91 Å². The van der Waals surface area contributed by atoms with Crippen LogP contribution in [0.15, 0.2) is 84.1 Å². The molecular weight excluding hydrogens is 811 g/mol. The molecule has 0 spiro atoms. The molecule has 10 rings (SSSR count). The van der Waals surface area contributed by atoms with Crippen molar-refractivity contribution in [1.82, 2.24) is 49.2 Å². The van der Waals surface area contributed by atoms with Crippen LogP contribution < -0.4 is 15.9 Å². The molecule has 0 bridgehead atoms. The number of piperidine rings is 2. The number of nitrogens with one attached hydrogen (secondary N) is 2. The van der Waals surface area contributed by atoms with E-state index >= 15 is 0 Å². The maximum Gasteiger partial charge on any atom is 0.329 e. The predicted octanol–water partition coefficient (Wildman–Crippen LogP) is 5.32. The Bertz CT molecular complexity index is 2830. The third kappa shape index (κ3) is 8.24. The molecule has 4 aliphatic rings. The first-order chi connectivity index (χ1) is 31.1. The highest BCUT2D eigenvalue weighted by Gasteiger charge is 2.32. The summed E-state index contributed by atoms with van der Waals surface area (Å²) in [4.78, 5) is 78.8. The summed E-state index contributed by atoms with van der Waals surface area (Å²) in [5, 5.41) is 11.2. The van der Waals surface area contributed by atoms with E-state index in [1.54, 1.807) is 28.7 Å². The monoisotopic (exact) mass is 863 g/mol. The first kappa shape index (κ1) is 41.2. The first-order valence-electron chi connectivity index (χ1n) is 22.6. The highest BCUT2D eigenvalue weighted by molar-refractivity contribution is 6.00. The lowest BCUT2D eigenvalue weighted by atomic mass is 9.88. The molecule has 6 aromatic rings. The number of hydrogen-bond acceptors (Lipinski definition) is 9. The average molecular weight is 864 g/mol. The third-order valence-corrected chi connectivity index (χ3v) is 13.9. The fraction of sp³-hybridized carbons (Fsp3) is 0.417. The molecule has 16 heteroatoms. The molecule has 330 valence electrons. The molecule has 4 amide bonds. The van der Waals surface area contributed by atoms with Crippen LogP contribution in [0.1, 0.15) is 79.9 Å². The Balaban J connectivity index is 0.691. The van der Waals surface area contributed by atoms with Gasteiger partial charge in [0.05, 0.1) is 23.8 Å². The van der Waals surface area contributed by atoms with Crippen LogP contribution in [0.2, 0.25) is 0 Å². The number of imide groups is 1. The predicted molar refractivity (Wildman–Crippen MR) is 242 cm³/mol. The van der Waals surface area contributed by atoms with Gasteiger partial charge < -0.3 is 19.7 Å². The van der Waals surface area contributed by atoms with Crippen molar-refractivity contribution in [3.05, 3.63) is 101 Å². The number of fused-ring (bicyclic) bond motifs is 2. The fourth-order valence-electron chi connectivity index (χ4n) is 10.2. The molecular formula is C48H53N11O5. The lowest BCUT2D eigenvalue weighted by Crippen LogP contribution is -2.44. The molecule has 3 fully saturated rings. The molecule has 64 heavy (non-hydrogen) atoms. The molecule has 16 nitrogen and oxygen atoms in total. The van der Waals surface area contributed by atoms with Gasteiger partial charge >= 0.3 is 5.69 Å². The smallest absolute Gasteiger partial charge is 0.329 e. The van der Waals surface area contributed by atoms with Gasteiger partial charge in [0.15, 0.2) is 0 Å². The van der Waals surface area contributed by atoms with Gasteiger partial charge in [-0.2, -0.15) is 0 Å². The van der Waals surface area contributed by atoms with E-state index in [0.29, 0.717) is 61.0 Å². The number of benzene rings is 2. The summed E-state index contributed by atoms with van der Waals surface area (Å²) in [6.45, 7) is 5.25. The number of H-pyrrole nitrogens is 1. The molecule has 2 N–H and O–H groups in total. The number of anilines is 1. The molecule has 4 aromatic heterocycles. The second-order valence-electron chi connectivity index (χ2n) is 17.9. The van der Waals surface area contributed by atoms with E-state index in [-0.39, 0.29) is 29.8 Å². The average Bonchev–Trinajstić information content (AvgIpc) is 4.15. The number of aromatic amines is 1. The van der Waals surface area contributed by atoms with Gasteiger partial charge in [-0.15, -0.1) is 5.10 Å². The van der Waals surface area contributed by atoms with Gasteiger partial charge in [0, 0.05) is 88.0 Å². The second-order valence-corrected chi connectivity index (χ2v) is 17.9. The van der Waals surface area contributed by atoms with Crippen LogP contribution in [-0.2, 0) is 28.0 Å². The van der Waals surface area contributed by atoms with E-state index < -0.39 is 11.9 Å². The standard InChI is InChI=1S/C48H53N11O5/c1-54-42-27-34(8-10-40(42)59(48(54)64)41-11-13-44(60)52-46(41)62)36-9-12-43(49-28-36)55-20-14-31(15-21-55)4-5-32-16-22-57(29-32)47(63)39-26-35-7-6-33(25-38(35)51-39)37-3-2-19-56(30-37)45(61)17-23-58-24-18-50-53-58/h3,6-10,12,18,24-28,31-32,41,51H,2,4-5,11,13-17,19-23,29-30H2,1H3,(H,52,60,62). The van der Waals surface area contributed by atoms with Gasteiger partial charge in [-0.1, -0.05) is 29.5 Å². The van der Waals surface area contributed by atoms with Gasteiger partial charge in [-0.25, -0.2) is 9.78 Å². The van der Waals surface area contributed by atoms with Crippen LogP contribution >= 0.6 is 0 Å². The van der Waals surface area contributed by atoms with Crippen molar-refractivity contribution in [1.29, 1.82) is 0 Å². The number of pyridine rings is 1. The minimum atomic E-state index is -0.718. The summed E-state index contributed by atoms with van der Waals surface area (Å²) < 4.78 is 4.73. The Hall–Kier alpha value is -6.84. The van der Waals surface area contributed by atoms with Crippen molar-refractivity contribution in [3.63, 3.8) is 0 Å². The number of imidazole rings is 1. The molecule has 0 radical (unpaired) electrons. The molecule has 2 unspecified atom stereocenters. The summed E-state index contributed by atoms with van der Waals surface area (Å²) in [5.74, 6) is 1.52. The number of carbonyl (C=O) groups is 4. The Morgan fingerprint density at radius 2 is 1.64 bits per heavy atom. The van der Waals surface area contributed by atoms with Crippen molar-refractivity contribution < 1.29 is 19.2 Å². The summed E-state index contributed by atoms with van der Waals surface area (Å²) in [5.41, 5.74) is 6.69. The van der Waals surface area contributed by atoms with Gasteiger partial charge in [-0.3, -0.25) is 38.3 Å². The molecule has 4 aliphatic heterocycles. The zero-order valence-electron chi connectivity index (χ0n) is 36.1. The van der Waals surface area contributed by atoms with Crippen LogP contribution in [0.25, 0.3) is 38.6 Å². The molecule has 2 atom stereocenters. The SMILES string of the molecule is Cn1c(=O)n(C2CCC(=O)NC2=O)c2ccc(-c3ccc(N4CCC(CCC5CCN(C(=O)c6cc7ccc(C8=CCCN(C(=O)CCn9ccnn9)C8)cc7[nH]6)C5)CC4)nc3)cc21. The van der Waals surface area contributed by atoms with E-state index in [2.05, 4.69) is 61.9 Å². The number of amides is 4.